The van der Waals surface area contributed by atoms with Gasteiger partial charge < -0.3 is 4.74 Å². The van der Waals surface area contributed by atoms with Gasteiger partial charge in [-0.2, -0.15) is 22.8 Å². The Morgan fingerprint density at radius 1 is 1.45 bits per heavy atom. The summed E-state index contributed by atoms with van der Waals surface area (Å²) in [6, 6.07) is 0. The molecule has 6 nitrogen and oxygen atoms in total. The van der Waals surface area contributed by atoms with Crippen LogP contribution in [0.4, 0.5) is 13.2 Å². The van der Waals surface area contributed by atoms with Gasteiger partial charge in [0.15, 0.2) is 5.82 Å². The van der Waals surface area contributed by atoms with Crippen LogP contribution in [-0.2, 0) is 16.0 Å². The first kappa shape index (κ1) is 13.4. The Labute approximate surface area is 114 Å². The van der Waals surface area contributed by atoms with E-state index in [1.54, 1.807) is 0 Å². The summed E-state index contributed by atoms with van der Waals surface area (Å²) in [4.78, 5) is 11.3. The number of alkyl halides is 3. The summed E-state index contributed by atoms with van der Waals surface area (Å²) >= 11 is 0.923. The van der Waals surface area contributed by atoms with Gasteiger partial charge in [0.1, 0.15) is 11.1 Å². The van der Waals surface area contributed by atoms with E-state index in [-0.39, 0.29) is 11.1 Å². The highest BCUT2D eigenvalue weighted by Crippen LogP contribution is 2.29. The predicted molar refractivity (Wildman–Crippen MR) is 61.4 cm³/mol. The van der Waals surface area contributed by atoms with Crippen LogP contribution in [0.15, 0.2) is 0 Å². The molecule has 1 aliphatic heterocycles. The van der Waals surface area contributed by atoms with Crippen LogP contribution in [0, 0.1) is 0 Å². The van der Waals surface area contributed by atoms with E-state index in [1.165, 1.54) is 4.52 Å². The molecule has 2 aromatic rings. The van der Waals surface area contributed by atoms with Crippen LogP contribution in [0.3, 0.4) is 0 Å². The summed E-state index contributed by atoms with van der Waals surface area (Å²) in [5, 5.41) is 11.8. The zero-order chi connectivity index (χ0) is 14.3. The Bertz CT molecular complexity index is 644. The Hall–Kier alpha value is -1.55. The summed E-state index contributed by atoms with van der Waals surface area (Å²) in [7, 11) is 0. The second-order valence-corrected chi connectivity index (χ2v) is 5.39. The number of fused-ring (bicyclic) bond motifs is 1. The first-order chi connectivity index (χ1) is 9.45. The Morgan fingerprint density at radius 2 is 2.25 bits per heavy atom. The fourth-order valence-electron chi connectivity index (χ4n) is 1.96. The van der Waals surface area contributed by atoms with Crippen molar-refractivity contribution >= 4 is 22.1 Å². The van der Waals surface area contributed by atoms with Gasteiger partial charge in [-0.15, -0.1) is 10.2 Å². The zero-order valence-electron chi connectivity index (χ0n) is 10.1. The molecule has 0 saturated carbocycles. The highest BCUT2D eigenvalue weighted by Gasteiger charge is 2.38. The van der Waals surface area contributed by atoms with Crippen molar-refractivity contribution in [2.45, 2.75) is 31.5 Å². The number of nitrogens with zero attached hydrogens (tertiary/aromatic N) is 4. The third-order valence-electron chi connectivity index (χ3n) is 2.90. The van der Waals surface area contributed by atoms with Crippen molar-refractivity contribution in [2.75, 3.05) is 6.61 Å². The molecular weight excluding hydrogens is 297 g/mol. The van der Waals surface area contributed by atoms with Gasteiger partial charge in [-0.1, -0.05) is 11.3 Å². The van der Waals surface area contributed by atoms with Crippen LogP contribution >= 0.6 is 11.3 Å². The molecule has 1 fully saturated rings. The molecule has 0 bridgehead atoms. The predicted octanol–water partition coefficient (Wildman–Crippen LogP) is 1.71. The molecule has 0 radical (unpaired) electrons. The van der Waals surface area contributed by atoms with Crippen LogP contribution in [0.2, 0.25) is 0 Å². The lowest BCUT2D eigenvalue weighted by atomic mass is 10.2. The fraction of sp³-hybridized carbons (Fsp3) is 0.600. The fourth-order valence-corrected chi connectivity index (χ4v) is 2.80. The second-order valence-electron chi connectivity index (χ2n) is 4.35. The summed E-state index contributed by atoms with van der Waals surface area (Å²) < 4.78 is 43.4. The first-order valence-corrected chi connectivity index (χ1v) is 6.69. The highest BCUT2D eigenvalue weighted by atomic mass is 32.1. The van der Waals surface area contributed by atoms with Crippen molar-refractivity contribution in [3.8, 4) is 0 Å². The van der Waals surface area contributed by atoms with E-state index in [4.69, 9.17) is 4.74 Å². The maximum Gasteiger partial charge on any atom is 0.450 e. The second kappa shape index (κ2) is 4.77. The standard InChI is InChI=1S/C10H9F3N4O2S/c11-10(12,13)6(18)4-7-16-17-8(5-2-1-3-19-5)14-15-9(17)20-7/h5H,1-4H2. The van der Waals surface area contributed by atoms with E-state index in [1.807, 2.05) is 0 Å². The quantitative estimate of drug-likeness (QED) is 0.863. The third kappa shape index (κ3) is 2.40. The lowest BCUT2D eigenvalue weighted by molar-refractivity contribution is -0.170. The van der Waals surface area contributed by atoms with Crippen LogP contribution in [0.1, 0.15) is 29.8 Å². The number of hydrogen-bond donors (Lipinski definition) is 0. The minimum atomic E-state index is -4.84. The van der Waals surface area contributed by atoms with Gasteiger partial charge in [-0.3, -0.25) is 4.79 Å². The van der Waals surface area contributed by atoms with Crippen molar-refractivity contribution in [1.29, 1.82) is 0 Å². The Kier molecular flexibility index (Phi) is 3.21. The molecule has 0 amide bonds. The number of ketones is 1. The summed E-state index contributed by atoms with van der Waals surface area (Å²) in [6.45, 7) is 0.614. The maximum atomic E-state index is 12.2. The van der Waals surface area contributed by atoms with Gasteiger partial charge in [0, 0.05) is 6.61 Å². The minimum Gasteiger partial charge on any atom is -0.370 e. The van der Waals surface area contributed by atoms with E-state index in [2.05, 4.69) is 15.3 Å². The van der Waals surface area contributed by atoms with Crippen LogP contribution < -0.4 is 0 Å². The van der Waals surface area contributed by atoms with E-state index in [9.17, 15) is 18.0 Å². The van der Waals surface area contributed by atoms with Gasteiger partial charge in [0.2, 0.25) is 10.7 Å². The summed E-state index contributed by atoms with van der Waals surface area (Å²) in [6.07, 6.45) is -4.19. The normalized spacial score (nSPS) is 19.9. The molecule has 3 heterocycles. The van der Waals surface area contributed by atoms with E-state index >= 15 is 0 Å². The Morgan fingerprint density at radius 3 is 2.90 bits per heavy atom. The number of carbonyl (C=O) groups excluding carboxylic acids is 1. The van der Waals surface area contributed by atoms with Crippen molar-refractivity contribution in [3.63, 3.8) is 0 Å². The number of halogens is 3. The number of hydrogen-bond acceptors (Lipinski definition) is 6. The zero-order valence-corrected chi connectivity index (χ0v) is 10.9. The molecule has 10 heteroatoms. The van der Waals surface area contributed by atoms with Gasteiger partial charge >= 0.3 is 6.18 Å². The molecule has 1 atom stereocenters. The van der Waals surface area contributed by atoms with Crippen molar-refractivity contribution in [1.82, 2.24) is 19.8 Å². The molecule has 1 unspecified atom stereocenters. The summed E-state index contributed by atoms with van der Waals surface area (Å²) in [5.74, 6) is -1.35. The lowest BCUT2D eigenvalue weighted by Crippen LogP contribution is -2.24. The molecule has 2 aromatic heterocycles. The molecule has 0 N–H and O–H groups in total. The molecule has 20 heavy (non-hydrogen) atoms. The van der Waals surface area contributed by atoms with Gasteiger partial charge in [-0.25, -0.2) is 0 Å². The molecule has 0 aliphatic carbocycles. The molecule has 0 aromatic carbocycles. The monoisotopic (exact) mass is 306 g/mol. The van der Waals surface area contributed by atoms with Crippen molar-refractivity contribution in [3.05, 3.63) is 10.8 Å². The third-order valence-corrected chi connectivity index (χ3v) is 3.80. The lowest BCUT2D eigenvalue weighted by Gasteiger charge is -2.04. The first-order valence-electron chi connectivity index (χ1n) is 5.88. The van der Waals surface area contributed by atoms with Crippen molar-refractivity contribution < 1.29 is 22.7 Å². The number of rotatable bonds is 3. The molecule has 3 rings (SSSR count). The summed E-state index contributed by atoms with van der Waals surface area (Å²) in [5.41, 5.74) is 0. The molecular formula is C10H9F3N4O2S. The molecule has 1 aliphatic rings. The minimum absolute atomic E-state index is 0.0662. The van der Waals surface area contributed by atoms with E-state index < -0.39 is 18.4 Å². The highest BCUT2D eigenvalue weighted by molar-refractivity contribution is 7.16. The molecule has 1 saturated heterocycles. The van der Waals surface area contributed by atoms with Gasteiger partial charge in [0.25, 0.3) is 0 Å². The van der Waals surface area contributed by atoms with Gasteiger partial charge in [-0.05, 0) is 12.8 Å². The van der Waals surface area contributed by atoms with E-state index in [0.29, 0.717) is 17.4 Å². The number of Topliss-reactive ketones (excluding diaryl/α,β-unsaturated/α-hetero) is 1. The Balaban J connectivity index is 1.86. The van der Waals surface area contributed by atoms with E-state index in [0.717, 1.165) is 24.2 Å². The van der Waals surface area contributed by atoms with Crippen LogP contribution in [0.25, 0.3) is 4.96 Å². The largest absolute Gasteiger partial charge is 0.450 e. The van der Waals surface area contributed by atoms with Crippen LogP contribution in [0.5, 0.6) is 0 Å². The molecule has 108 valence electrons. The number of aromatic nitrogens is 4. The van der Waals surface area contributed by atoms with Gasteiger partial charge in [0.05, 0.1) is 6.42 Å². The average molecular weight is 306 g/mol. The topological polar surface area (TPSA) is 69.4 Å². The maximum absolute atomic E-state index is 12.2. The van der Waals surface area contributed by atoms with Crippen LogP contribution in [-0.4, -0.2) is 38.4 Å². The number of ether oxygens (including phenoxy) is 1. The molecule has 0 spiro atoms. The number of carbonyl (C=O) groups is 1. The SMILES string of the molecule is O=C(Cc1nn2c(C3CCCO3)nnc2s1)C(F)(F)F. The smallest absolute Gasteiger partial charge is 0.370 e. The average Bonchev–Trinajstić information content (AvgIpc) is 3.01. The van der Waals surface area contributed by atoms with Crippen molar-refractivity contribution in [2.24, 2.45) is 0 Å².